The summed E-state index contributed by atoms with van der Waals surface area (Å²) in [6.45, 7) is 5.55. The van der Waals surface area contributed by atoms with Crippen LogP contribution in [0.3, 0.4) is 0 Å². The number of halogens is 3. The van der Waals surface area contributed by atoms with Gasteiger partial charge in [0.15, 0.2) is 0 Å². The number of ether oxygens (including phenoxy) is 1. The lowest BCUT2D eigenvalue weighted by atomic mass is 10.0. The largest absolute Gasteiger partial charge is 0.459 e. The van der Waals surface area contributed by atoms with E-state index >= 15 is 0 Å². The number of hydrogen-bond donors (Lipinski definition) is 1. The lowest BCUT2D eigenvalue weighted by Crippen LogP contribution is -2.46. The molecule has 0 amide bonds. The summed E-state index contributed by atoms with van der Waals surface area (Å²) in [5.74, 6) is -2.94. The van der Waals surface area contributed by atoms with Crippen LogP contribution in [0.1, 0.15) is 27.7 Å². The van der Waals surface area contributed by atoms with Crippen molar-refractivity contribution < 1.29 is 22.7 Å². The minimum Gasteiger partial charge on any atom is -0.459 e. The van der Waals surface area contributed by atoms with E-state index in [1.54, 1.807) is 20.8 Å². The second-order valence-electron chi connectivity index (χ2n) is 4.39. The Morgan fingerprint density at radius 3 is 1.93 bits per heavy atom. The first-order valence-electron chi connectivity index (χ1n) is 4.50. The van der Waals surface area contributed by atoms with E-state index in [9.17, 15) is 18.0 Å². The van der Waals surface area contributed by atoms with E-state index in [0.717, 1.165) is 6.92 Å². The zero-order valence-corrected chi connectivity index (χ0v) is 9.18. The number of alkyl halides is 3. The molecule has 0 aliphatic rings. The van der Waals surface area contributed by atoms with E-state index in [-0.39, 0.29) is 0 Å². The molecule has 0 aromatic rings. The quantitative estimate of drug-likeness (QED) is 0.732. The zero-order valence-electron chi connectivity index (χ0n) is 9.18. The molecule has 2 N–H and O–H groups in total. The first-order valence-corrected chi connectivity index (χ1v) is 4.50. The number of hydrogen-bond acceptors (Lipinski definition) is 3. The van der Waals surface area contributed by atoms with E-state index in [1.807, 2.05) is 0 Å². The maximum atomic E-state index is 12.2. The molecule has 3 nitrogen and oxygen atoms in total. The highest BCUT2D eigenvalue weighted by atomic mass is 19.4. The van der Waals surface area contributed by atoms with Gasteiger partial charge in [-0.25, -0.2) is 0 Å². The van der Waals surface area contributed by atoms with Crippen molar-refractivity contribution in [3.05, 3.63) is 0 Å². The second-order valence-corrected chi connectivity index (χ2v) is 4.39. The number of carbonyl (C=O) groups is 1. The highest BCUT2D eigenvalue weighted by molar-refractivity contribution is 5.76. The topological polar surface area (TPSA) is 52.3 Å². The highest BCUT2D eigenvalue weighted by Gasteiger charge is 2.43. The second kappa shape index (κ2) is 4.38. The Morgan fingerprint density at radius 2 is 1.67 bits per heavy atom. The molecule has 6 heteroatoms. The number of nitrogens with two attached hydrogens (primary N) is 1. The fourth-order valence-electron chi connectivity index (χ4n) is 0.778. The van der Waals surface area contributed by atoms with Gasteiger partial charge in [-0.3, -0.25) is 4.79 Å². The summed E-state index contributed by atoms with van der Waals surface area (Å²) in [4.78, 5) is 11.2. The predicted octanol–water partition coefficient (Wildman–Crippen LogP) is 1.85. The van der Waals surface area contributed by atoms with Gasteiger partial charge in [-0.2, -0.15) is 13.2 Å². The molecule has 15 heavy (non-hydrogen) atoms. The number of esters is 1. The van der Waals surface area contributed by atoms with Crippen molar-refractivity contribution in [3.63, 3.8) is 0 Å². The summed E-state index contributed by atoms with van der Waals surface area (Å²) in [7, 11) is 0. The van der Waals surface area contributed by atoms with Gasteiger partial charge in [0.2, 0.25) is 0 Å². The van der Waals surface area contributed by atoms with Crippen LogP contribution >= 0.6 is 0 Å². The van der Waals surface area contributed by atoms with Crippen LogP contribution in [0, 0.1) is 5.92 Å². The summed E-state index contributed by atoms with van der Waals surface area (Å²) in [6, 6.07) is -1.68. The van der Waals surface area contributed by atoms with Crippen molar-refractivity contribution in [2.24, 2.45) is 11.7 Å². The minimum absolute atomic E-state index is 0.833. The van der Waals surface area contributed by atoms with Gasteiger partial charge in [0.25, 0.3) is 0 Å². The molecule has 0 bridgehead atoms. The molecule has 0 aromatic carbocycles. The molecule has 0 fully saturated rings. The molecule has 0 heterocycles. The maximum Gasteiger partial charge on any atom is 0.393 e. The standard InChI is InChI=1S/C9H16F3NO2/c1-5(9(10,11)12)6(13)7(14)15-8(2,3)4/h5-6H,13H2,1-4H3. The zero-order chi connectivity index (χ0) is 12.4. The van der Waals surface area contributed by atoms with Crippen LogP contribution in [-0.2, 0) is 9.53 Å². The van der Waals surface area contributed by atoms with Crippen LogP contribution in [-0.4, -0.2) is 23.8 Å². The number of rotatable bonds is 2. The fourth-order valence-corrected chi connectivity index (χ4v) is 0.778. The van der Waals surface area contributed by atoms with Gasteiger partial charge in [-0.05, 0) is 20.8 Å². The number of carbonyl (C=O) groups excluding carboxylic acids is 1. The molecule has 0 rings (SSSR count). The lowest BCUT2D eigenvalue weighted by Gasteiger charge is -2.26. The van der Waals surface area contributed by atoms with Crippen LogP contribution in [0.25, 0.3) is 0 Å². The molecule has 2 atom stereocenters. The normalized spacial score (nSPS) is 17.1. The monoisotopic (exact) mass is 227 g/mol. The summed E-state index contributed by atoms with van der Waals surface area (Å²) < 4.78 is 41.4. The van der Waals surface area contributed by atoms with Crippen LogP contribution in [0.15, 0.2) is 0 Å². The smallest absolute Gasteiger partial charge is 0.393 e. The Morgan fingerprint density at radius 1 is 1.27 bits per heavy atom. The minimum atomic E-state index is -4.49. The van der Waals surface area contributed by atoms with E-state index in [4.69, 9.17) is 10.5 Å². The molecular weight excluding hydrogens is 211 g/mol. The molecule has 0 saturated heterocycles. The van der Waals surface area contributed by atoms with Gasteiger partial charge in [0, 0.05) is 0 Å². The van der Waals surface area contributed by atoms with Crippen LogP contribution in [0.2, 0.25) is 0 Å². The third-order valence-corrected chi connectivity index (χ3v) is 1.73. The highest BCUT2D eigenvalue weighted by Crippen LogP contribution is 2.28. The van der Waals surface area contributed by atoms with Crippen LogP contribution in [0.5, 0.6) is 0 Å². The van der Waals surface area contributed by atoms with Crippen molar-refractivity contribution >= 4 is 5.97 Å². The molecule has 2 unspecified atom stereocenters. The van der Waals surface area contributed by atoms with Crippen molar-refractivity contribution in [3.8, 4) is 0 Å². The third-order valence-electron chi connectivity index (χ3n) is 1.73. The summed E-state index contributed by atoms with van der Waals surface area (Å²) in [5, 5.41) is 0. The van der Waals surface area contributed by atoms with Gasteiger partial charge in [-0.1, -0.05) is 6.92 Å². The molecule has 90 valence electrons. The molecule has 0 radical (unpaired) electrons. The summed E-state index contributed by atoms with van der Waals surface area (Å²) in [6.07, 6.45) is -4.49. The Kier molecular flexibility index (Phi) is 4.16. The molecule has 0 aliphatic carbocycles. The average Bonchev–Trinajstić information content (AvgIpc) is 1.96. The fraction of sp³-hybridized carbons (Fsp3) is 0.889. The maximum absolute atomic E-state index is 12.2. The van der Waals surface area contributed by atoms with Crippen molar-refractivity contribution in [2.45, 2.75) is 45.5 Å². The van der Waals surface area contributed by atoms with Crippen LogP contribution in [0.4, 0.5) is 13.2 Å². The van der Waals surface area contributed by atoms with Crippen molar-refractivity contribution in [1.29, 1.82) is 0 Å². The van der Waals surface area contributed by atoms with E-state index in [1.165, 1.54) is 0 Å². The lowest BCUT2D eigenvalue weighted by molar-refractivity contribution is -0.189. The molecular formula is C9H16F3NO2. The van der Waals surface area contributed by atoms with Gasteiger partial charge < -0.3 is 10.5 Å². The van der Waals surface area contributed by atoms with E-state index in [2.05, 4.69) is 0 Å². The Labute approximate surface area is 86.8 Å². The first-order chi connectivity index (χ1) is 6.45. The molecule has 0 spiro atoms. The summed E-state index contributed by atoms with van der Waals surface area (Å²) >= 11 is 0. The average molecular weight is 227 g/mol. The van der Waals surface area contributed by atoms with Crippen molar-refractivity contribution in [2.75, 3.05) is 0 Å². The van der Waals surface area contributed by atoms with Gasteiger partial charge in [0.1, 0.15) is 11.6 Å². The van der Waals surface area contributed by atoms with E-state index in [0.29, 0.717) is 0 Å². The third kappa shape index (κ3) is 5.01. The first kappa shape index (κ1) is 14.2. The molecule has 0 aromatic heterocycles. The summed E-state index contributed by atoms with van der Waals surface area (Å²) in [5.41, 5.74) is 4.33. The Hall–Kier alpha value is -0.780. The molecule has 0 aliphatic heterocycles. The SMILES string of the molecule is CC(C(N)C(=O)OC(C)(C)C)C(F)(F)F. The van der Waals surface area contributed by atoms with Crippen molar-refractivity contribution in [1.82, 2.24) is 0 Å². The molecule has 0 saturated carbocycles. The van der Waals surface area contributed by atoms with E-state index < -0.39 is 29.7 Å². The Balaban J connectivity index is 4.46. The Bertz CT molecular complexity index is 232. The van der Waals surface area contributed by atoms with Gasteiger partial charge >= 0.3 is 12.1 Å². The van der Waals surface area contributed by atoms with Gasteiger partial charge in [-0.15, -0.1) is 0 Å². The van der Waals surface area contributed by atoms with Crippen LogP contribution < -0.4 is 5.73 Å². The van der Waals surface area contributed by atoms with Gasteiger partial charge in [0.05, 0.1) is 5.92 Å². The predicted molar refractivity (Wildman–Crippen MR) is 49.0 cm³/mol.